The largest absolute Gasteiger partial charge is 0.376 e. The summed E-state index contributed by atoms with van der Waals surface area (Å²) in [4.78, 5) is 14.2. The van der Waals surface area contributed by atoms with E-state index >= 15 is 0 Å². The highest BCUT2D eigenvalue weighted by molar-refractivity contribution is 5.80. The molecule has 1 amide bonds. The summed E-state index contributed by atoms with van der Waals surface area (Å²) < 4.78 is 11.0. The lowest BCUT2D eigenvalue weighted by atomic mass is 10.2. The molecule has 2 heterocycles. The third-order valence-corrected chi connectivity index (χ3v) is 3.86. The Bertz CT molecular complexity index is 289. The number of hydrogen-bond acceptors (Lipinski definition) is 5. The number of carbonyl (C=O) groups is 1. The van der Waals surface area contributed by atoms with E-state index in [0.717, 1.165) is 52.2 Å². The van der Waals surface area contributed by atoms with E-state index in [4.69, 9.17) is 9.47 Å². The van der Waals surface area contributed by atoms with Gasteiger partial charge < -0.3 is 20.1 Å². The van der Waals surface area contributed by atoms with Crippen molar-refractivity contribution in [2.45, 2.75) is 32.0 Å². The summed E-state index contributed by atoms with van der Waals surface area (Å²) in [6, 6.07) is 0. The Morgan fingerprint density at radius 3 is 3.00 bits per heavy atom. The minimum atomic E-state index is -0.401. The summed E-state index contributed by atoms with van der Waals surface area (Å²) in [5.41, 5.74) is 0. The fourth-order valence-corrected chi connectivity index (χ4v) is 2.52. The number of nitrogens with one attached hydrogen (secondary N) is 2. The first kappa shape index (κ1) is 15.7. The molecular formula is C14H27N3O3. The van der Waals surface area contributed by atoms with Crippen LogP contribution in [0.25, 0.3) is 0 Å². The quantitative estimate of drug-likeness (QED) is 0.666. The minimum absolute atomic E-state index is 0.0295. The first-order chi connectivity index (χ1) is 9.75. The summed E-state index contributed by atoms with van der Waals surface area (Å²) in [5.74, 6) is -0.0295. The maximum Gasteiger partial charge on any atom is 0.248 e. The van der Waals surface area contributed by atoms with Gasteiger partial charge in [0.2, 0.25) is 5.91 Å². The Morgan fingerprint density at radius 2 is 2.30 bits per heavy atom. The number of carbonyl (C=O) groups excluding carboxylic acids is 1. The SMILES string of the molecule is CC(OCC1CCCO1)C(=O)NCCN1CCNCC1. The highest BCUT2D eigenvalue weighted by atomic mass is 16.5. The van der Waals surface area contributed by atoms with Crippen molar-refractivity contribution in [1.29, 1.82) is 0 Å². The van der Waals surface area contributed by atoms with Crippen molar-refractivity contribution in [2.75, 3.05) is 52.5 Å². The van der Waals surface area contributed by atoms with Crippen LogP contribution in [0.15, 0.2) is 0 Å². The third-order valence-electron chi connectivity index (χ3n) is 3.86. The minimum Gasteiger partial charge on any atom is -0.376 e. The van der Waals surface area contributed by atoms with Gasteiger partial charge in [-0.1, -0.05) is 0 Å². The van der Waals surface area contributed by atoms with Gasteiger partial charge in [-0.05, 0) is 19.8 Å². The maximum absolute atomic E-state index is 11.9. The maximum atomic E-state index is 11.9. The second-order valence-corrected chi connectivity index (χ2v) is 5.49. The standard InChI is InChI=1S/C14H27N3O3/c1-12(20-11-13-3-2-10-19-13)14(18)16-6-9-17-7-4-15-5-8-17/h12-13,15H,2-11H2,1H3,(H,16,18). The van der Waals surface area contributed by atoms with E-state index in [2.05, 4.69) is 15.5 Å². The molecule has 2 fully saturated rings. The number of nitrogens with zero attached hydrogens (tertiary/aromatic N) is 1. The predicted molar refractivity (Wildman–Crippen MR) is 76.7 cm³/mol. The summed E-state index contributed by atoms with van der Waals surface area (Å²) in [6.07, 6.45) is 1.91. The molecule has 2 aliphatic rings. The molecule has 0 aromatic heterocycles. The monoisotopic (exact) mass is 285 g/mol. The van der Waals surface area contributed by atoms with Gasteiger partial charge in [-0.15, -0.1) is 0 Å². The molecule has 6 nitrogen and oxygen atoms in total. The molecule has 0 aromatic carbocycles. The molecule has 2 N–H and O–H groups in total. The summed E-state index contributed by atoms with van der Waals surface area (Å²) in [7, 11) is 0. The fourth-order valence-electron chi connectivity index (χ4n) is 2.52. The first-order valence-electron chi connectivity index (χ1n) is 7.69. The van der Waals surface area contributed by atoms with Crippen molar-refractivity contribution < 1.29 is 14.3 Å². The van der Waals surface area contributed by atoms with Crippen LogP contribution in [-0.4, -0.2) is 75.5 Å². The van der Waals surface area contributed by atoms with Gasteiger partial charge in [0, 0.05) is 45.9 Å². The molecule has 0 bridgehead atoms. The van der Waals surface area contributed by atoms with Crippen LogP contribution in [0.2, 0.25) is 0 Å². The van der Waals surface area contributed by atoms with Gasteiger partial charge in [-0.2, -0.15) is 0 Å². The average Bonchev–Trinajstić information content (AvgIpc) is 2.99. The van der Waals surface area contributed by atoms with Crippen LogP contribution in [0.3, 0.4) is 0 Å². The van der Waals surface area contributed by atoms with Crippen LogP contribution in [-0.2, 0) is 14.3 Å². The highest BCUT2D eigenvalue weighted by Crippen LogP contribution is 2.12. The number of piperazine rings is 1. The van der Waals surface area contributed by atoms with Gasteiger partial charge >= 0.3 is 0 Å². The fraction of sp³-hybridized carbons (Fsp3) is 0.929. The van der Waals surface area contributed by atoms with E-state index in [9.17, 15) is 4.79 Å². The molecule has 0 aromatic rings. The molecule has 0 radical (unpaired) electrons. The second kappa shape index (κ2) is 8.56. The van der Waals surface area contributed by atoms with Gasteiger partial charge in [-0.3, -0.25) is 9.69 Å². The van der Waals surface area contributed by atoms with E-state index in [1.807, 2.05) is 0 Å². The van der Waals surface area contributed by atoms with Crippen LogP contribution in [0.4, 0.5) is 0 Å². The van der Waals surface area contributed by atoms with E-state index in [-0.39, 0.29) is 12.0 Å². The zero-order valence-electron chi connectivity index (χ0n) is 12.4. The van der Waals surface area contributed by atoms with Crippen LogP contribution < -0.4 is 10.6 Å². The first-order valence-corrected chi connectivity index (χ1v) is 7.69. The van der Waals surface area contributed by atoms with Crippen molar-refractivity contribution in [3.8, 4) is 0 Å². The van der Waals surface area contributed by atoms with Crippen LogP contribution >= 0.6 is 0 Å². The molecule has 2 atom stereocenters. The number of ether oxygens (including phenoxy) is 2. The Labute approximate surface area is 121 Å². The molecule has 2 unspecified atom stereocenters. The van der Waals surface area contributed by atoms with Gasteiger partial charge in [0.05, 0.1) is 12.7 Å². The number of hydrogen-bond donors (Lipinski definition) is 2. The molecule has 0 saturated carbocycles. The molecule has 2 saturated heterocycles. The van der Waals surface area contributed by atoms with E-state index in [0.29, 0.717) is 13.2 Å². The van der Waals surface area contributed by atoms with Crippen LogP contribution in [0.1, 0.15) is 19.8 Å². The Balaban J connectivity index is 1.53. The van der Waals surface area contributed by atoms with Gasteiger partial charge in [0.1, 0.15) is 6.10 Å². The molecule has 6 heteroatoms. The molecular weight excluding hydrogens is 258 g/mol. The van der Waals surface area contributed by atoms with E-state index < -0.39 is 6.10 Å². The number of amides is 1. The Morgan fingerprint density at radius 1 is 1.50 bits per heavy atom. The molecule has 2 rings (SSSR count). The zero-order valence-corrected chi connectivity index (χ0v) is 12.4. The van der Waals surface area contributed by atoms with Crippen molar-refractivity contribution >= 4 is 5.91 Å². The molecule has 2 aliphatic heterocycles. The number of rotatable bonds is 7. The Hall–Kier alpha value is -0.690. The highest BCUT2D eigenvalue weighted by Gasteiger charge is 2.19. The lowest BCUT2D eigenvalue weighted by Crippen LogP contribution is -2.47. The topological polar surface area (TPSA) is 62.8 Å². The Kier molecular flexibility index (Phi) is 6.72. The van der Waals surface area contributed by atoms with Crippen LogP contribution in [0.5, 0.6) is 0 Å². The van der Waals surface area contributed by atoms with Gasteiger partial charge in [0.25, 0.3) is 0 Å². The summed E-state index contributed by atoms with van der Waals surface area (Å²) >= 11 is 0. The van der Waals surface area contributed by atoms with Gasteiger partial charge in [-0.25, -0.2) is 0 Å². The zero-order chi connectivity index (χ0) is 14.2. The van der Waals surface area contributed by atoms with E-state index in [1.54, 1.807) is 6.92 Å². The molecule has 20 heavy (non-hydrogen) atoms. The van der Waals surface area contributed by atoms with Crippen molar-refractivity contribution in [3.05, 3.63) is 0 Å². The normalized spacial score (nSPS) is 25.6. The smallest absolute Gasteiger partial charge is 0.248 e. The average molecular weight is 285 g/mol. The lowest BCUT2D eigenvalue weighted by Gasteiger charge is -2.27. The summed E-state index contributed by atoms with van der Waals surface area (Å²) in [6.45, 7) is 8.92. The predicted octanol–water partition coefficient (Wildman–Crippen LogP) is -0.408. The molecule has 0 aliphatic carbocycles. The molecule has 0 spiro atoms. The van der Waals surface area contributed by atoms with Crippen molar-refractivity contribution in [1.82, 2.24) is 15.5 Å². The van der Waals surface area contributed by atoms with Gasteiger partial charge in [0.15, 0.2) is 0 Å². The van der Waals surface area contributed by atoms with E-state index in [1.165, 1.54) is 0 Å². The van der Waals surface area contributed by atoms with Crippen molar-refractivity contribution in [2.24, 2.45) is 0 Å². The summed E-state index contributed by atoms with van der Waals surface area (Å²) in [5, 5.41) is 6.25. The second-order valence-electron chi connectivity index (χ2n) is 5.49. The van der Waals surface area contributed by atoms with Crippen molar-refractivity contribution in [3.63, 3.8) is 0 Å². The third kappa shape index (κ3) is 5.36. The van der Waals surface area contributed by atoms with Crippen LogP contribution in [0, 0.1) is 0 Å². The lowest BCUT2D eigenvalue weighted by molar-refractivity contribution is -0.133. The molecule has 116 valence electrons.